The third kappa shape index (κ3) is 2.71. The SMILES string of the molecule is N#CC(=Cc1ccc([N+](=O)[O-])cc1)c1nc2ccccc2s1. The molecule has 0 atom stereocenters. The van der Waals surface area contributed by atoms with Gasteiger partial charge in [0.05, 0.1) is 20.7 Å². The Morgan fingerprint density at radius 3 is 2.59 bits per heavy atom. The number of aromatic nitrogens is 1. The molecule has 6 heteroatoms. The van der Waals surface area contributed by atoms with Crippen LogP contribution in [0.15, 0.2) is 48.5 Å². The highest BCUT2D eigenvalue weighted by atomic mass is 32.1. The number of para-hydroxylation sites is 1. The zero-order chi connectivity index (χ0) is 15.5. The van der Waals surface area contributed by atoms with E-state index in [-0.39, 0.29) is 5.69 Å². The first-order valence-corrected chi connectivity index (χ1v) is 7.21. The fourth-order valence-corrected chi connectivity index (χ4v) is 2.92. The Morgan fingerprint density at radius 1 is 1.23 bits per heavy atom. The van der Waals surface area contributed by atoms with Crippen molar-refractivity contribution in [1.29, 1.82) is 5.26 Å². The molecular formula is C16H9N3O2S. The van der Waals surface area contributed by atoms with Crippen LogP contribution in [0.2, 0.25) is 0 Å². The van der Waals surface area contributed by atoms with Gasteiger partial charge < -0.3 is 0 Å². The number of nitro benzene ring substituents is 1. The monoisotopic (exact) mass is 307 g/mol. The van der Waals surface area contributed by atoms with Gasteiger partial charge in [0.15, 0.2) is 0 Å². The van der Waals surface area contributed by atoms with Crippen molar-refractivity contribution in [3.05, 3.63) is 69.2 Å². The molecule has 1 aromatic heterocycles. The molecule has 0 aliphatic heterocycles. The molecule has 0 bridgehead atoms. The molecular weight excluding hydrogens is 298 g/mol. The third-order valence-corrected chi connectivity index (χ3v) is 4.13. The second-order valence-electron chi connectivity index (χ2n) is 4.51. The lowest BCUT2D eigenvalue weighted by molar-refractivity contribution is -0.384. The predicted octanol–water partition coefficient (Wildman–Crippen LogP) is 4.27. The first kappa shape index (κ1) is 13.9. The molecule has 0 radical (unpaired) electrons. The summed E-state index contributed by atoms with van der Waals surface area (Å²) in [6, 6.07) is 15.9. The Balaban J connectivity index is 1.99. The summed E-state index contributed by atoms with van der Waals surface area (Å²) in [5.41, 5.74) is 2.04. The van der Waals surface area contributed by atoms with Gasteiger partial charge in [0, 0.05) is 12.1 Å². The zero-order valence-corrected chi connectivity index (χ0v) is 12.1. The largest absolute Gasteiger partial charge is 0.269 e. The second-order valence-corrected chi connectivity index (χ2v) is 5.54. The molecule has 3 rings (SSSR count). The molecule has 0 fully saturated rings. The van der Waals surface area contributed by atoms with Crippen LogP contribution in [0.3, 0.4) is 0 Å². The van der Waals surface area contributed by atoms with Crippen LogP contribution >= 0.6 is 11.3 Å². The highest BCUT2D eigenvalue weighted by Gasteiger charge is 2.09. The molecule has 5 nitrogen and oxygen atoms in total. The Bertz CT molecular complexity index is 887. The Labute approximate surface area is 129 Å². The Kier molecular flexibility index (Phi) is 3.64. The first-order valence-electron chi connectivity index (χ1n) is 6.39. The molecule has 2 aromatic carbocycles. The van der Waals surface area contributed by atoms with Crippen LogP contribution in [0, 0.1) is 21.4 Å². The van der Waals surface area contributed by atoms with Gasteiger partial charge in [0.2, 0.25) is 0 Å². The number of hydrogen-bond donors (Lipinski definition) is 0. The summed E-state index contributed by atoms with van der Waals surface area (Å²) in [7, 11) is 0. The fourth-order valence-electron chi connectivity index (χ4n) is 1.99. The number of thiazole rings is 1. The van der Waals surface area contributed by atoms with Gasteiger partial charge in [0.25, 0.3) is 5.69 Å². The van der Waals surface area contributed by atoms with Crippen LogP contribution in [-0.2, 0) is 0 Å². The number of hydrogen-bond acceptors (Lipinski definition) is 5. The maximum absolute atomic E-state index is 10.6. The number of nitro groups is 1. The number of allylic oxidation sites excluding steroid dienone is 1. The van der Waals surface area contributed by atoms with Crippen molar-refractivity contribution in [1.82, 2.24) is 4.98 Å². The lowest BCUT2D eigenvalue weighted by Crippen LogP contribution is -1.87. The van der Waals surface area contributed by atoms with Gasteiger partial charge in [0.1, 0.15) is 11.1 Å². The summed E-state index contributed by atoms with van der Waals surface area (Å²) in [5, 5.41) is 20.6. The van der Waals surface area contributed by atoms with Crippen LogP contribution in [0.4, 0.5) is 5.69 Å². The third-order valence-electron chi connectivity index (χ3n) is 3.06. The maximum atomic E-state index is 10.6. The van der Waals surface area contributed by atoms with Crippen molar-refractivity contribution in [2.45, 2.75) is 0 Å². The molecule has 0 saturated heterocycles. The zero-order valence-electron chi connectivity index (χ0n) is 11.3. The standard InChI is InChI=1S/C16H9N3O2S/c17-10-12(9-11-5-7-13(8-6-11)19(20)21)16-18-14-3-1-2-4-15(14)22-16/h1-9H. The number of fused-ring (bicyclic) bond motifs is 1. The van der Waals surface area contributed by atoms with Gasteiger partial charge in [-0.25, -0.2) is 4.98 Å². The van der Waals surface area contributed by atoms with Gasteiger partial charge in [-0.05, 0) is 35.9 Å². The van der Waals surface area contributed by atoms with E-state index in [1.165, 1.54) is 23.5 Å². The minimum Gasteiger partial charge on any atom is -0.258 e. The Morgan fingerprint density at radius 2 is 1.95 bits per heavy atom. The van der Waals surface area contributed by atoms with E-state index in [2.05, 4.69) is 11.1 Å². The number of benzene rings is 2. The van der Waals surface area contributed by atoms with Crippen LogP contribution in [0.1, 0.15) is 10.6 Å². The Hall–Kier alpha value is -3.04. The molecule has 0 N–H and O–H groups in total. The van der Waals surface area contributed by atoms with Crippen molar-refractivity contribution in [2.24, 2.45) is 0 Å². The first-order chi connectivity index (χ1) is 10.7. The summed E-state index contributed by atoms with van der Waals surface area (Å²) in [6.45, 7) is 0. The molecule has 3 aromatic rings. The second kappa shape index (κ2) is 5.76. The van der Waals surface area contributed by atoms with Gasteiger partial charge in [-0.15, -0.1) is 11.3 Å². The lowest BCUT2D eigenvalue weighted by Gasteiger charge is -1.95. The quantitative estimate of drug-likeness (QED) is 0.411. The summed E-state index contributed by atoms with van der Waals surface area (Å²) < 4.78 is 1.02. The summed E-state index contributed by atoms with van der Waals surface area (Å²) in [5.74, 6) is 0. The van der Waals surface area contributed by atoms with Gasteiger partial charge >= 0.3 is 0 Å². The van der Waals surface area contributed by atoms with E-state index in [1.54, 1.807) is 18.2 Å². The van der Waals surface area contributed by atoms with Gasteiger partial charge in [-0.2, -0.15) is 5.26 Å². The van der Waals surface area contributed by atoms with Crippen LogP contribution < -0.4 is 0 Å². The van der Waals surface area contributed by atoms with Crippen LogP contribution in [0.25, 0.3) is 21.9 Å². The smallest absolute Gasteiger partial charge is 0.258 e. The molecule has 0 saturated carbocycles. The normalized spacial score (nSPS) is 11.3. The van der Waals surface area contributed by atoms with Crippen LogP contribution in [0.5, 0.6) is 0 Å². The van der Waals surface area contributed by atoms with E-state index in [9.17, 15) is 15.4 Å². The minimum atomic E-state index is -0.452. The minimum absolute atomic E-state index is 0.0237. The van der Waals surface area contributed by atoms with Gasteiger partial charge in [-0.1, -0.05) is 12.1 Å². The molecule has 0 spiro atoms. The van der Waals surface area contributed by atoms with Crippen LogP contribution in [-0.4, -0.2) is 9.91 Å². The topological polar surface area (TPSA) is 79.8 Å². The van der Waals surface area contributed by atoms with E-state index in [0.717, 1.165) is 15.8 Å². The molecule has 0 amide bonds. The molecule has 1 heterocycles. The molecule has 0 aliphatic rings. The van der Waals surface area contributed by atoms with E-state index < -0.39 is 4.92 Å². The summed E-state index contributed by atoms with van der Waals surface area (Å²) >= 11 is 1.45. The summed E-state index contributed by atoms with van der Waals surface area (Å²) in [4.78, 5) is 14.6. The van der Waals surface area contributed by atoms with E-state index in [4.69, 9.17) is 0 Å². The number of non-ortho nitro benzene ring substituents is 1. The number of nitriles is 1. The number of rotatable bonds is 3. The fraction of sp³-hybridized carbons (Fsp3) is 0. The molecule has 0 unspecified atom stereocenters. The van der Waals surface area contributed by atoms with Crippen molar-refractivity contribution in [3.8, 4) is 6.07 Å². The highest BCUT2D eigenvalue weighted by Crippen LogP contribution is 2.28. The van der Waals surface area contributed by atoms with Crippen molar-refractivity contribution in [2.75, 3.05) is 0 Å². The lowest BCUT2D eigenvalue weighted by atomic mass is 10.1. The van der Waals surface area contributed by atoms with E-state index in [0.29, 0.717) is 10.6 Å². The van der Waals surface area contributed by atoms with Gasteiger partial charge in [-0.3, -0.25) is 10.1 Å². The molecule has 106 valence electrons. The number of nitrogens with zero attached hydrogens (tertiary/aromatic N) is 3. The van der Waals surface area contributed by atoms with E-state index >= 15 is 0 Å². The average molecular weight is 307 g/mol. The van der Waals surface area contributed by atoms with Crippen molar-refractivity contribution >= 4 is 38.9 Å². The molecule has 22 heavy (non-hydrogen) atoms. The average Bonchev–Trinajstić information content (AvgIpc) is 2.96. The maximum Gasteiger partial charge on any atom is 0.269 e. The highest BCUT2D eigenvalue weighted by molar-refractivity contribution is 7.19. The molecule has 0 aliphatic carbocycles. The summed E-state index contributed by atoms with van der Waals surface area (Å²) in [6.07, 6.45) is 1.68. The van der Waals surface area contributed by atoms with Crippen molar-refractivity contribution in [3.63, 3.8) is 0 Å². The van der Waals surface area contributed by atoms with E-state index in [1.807, 2.05) is 24.3 Å². The van der Waals surface area contributed by atoms with Crippen molar-refractivity contribution < 1.29 is 4.92 Å². The predicted molar refractivity (Wildman–Crippen MR) is 86.2 cm³/mol.